The Balaban J connectivity index is 1.85. The molecule has 0 aliphatic heterocycles. The highest BCUT2D eigenvalue weighted by atomic mass is 79.9. The summed E-state index contributed by atoms with van der Waals surface area (Å²) in [6.45, 7) is 6.36. The largest absolute Gasteiger partial charge is 0.488 e. The molecule has 3 aromatic carbocycles. The number of hydrogen-bond acceptors (Lipinski definition) is 3. The number of rotatable bonds is 6. The summed E-state index contributed by atoms with van der Waals surface area (Å²) in [6, 6.07) is 18.8. The van der Waals surface area contributed by atoms with Gasteiger partial charge in [0.1, 0.15) is 24.0 Å². The van der Waals surface area contributed by atoms with Gasteiger partial charge in [-0.1, -0.05) is 51.8 Å². The molecule has 1 amide bonds. The topological polar surface area (TPSA) is 62.1 Å². The minimum Gasteiger partial charge on any atom is -0.488 e. The van der Waals surface area contributed by atoms with Crippen LogP contribution in [0.2, 0.25) is 5.02 Å². The molecule has 162 valence electrons. The zero-order chi connectivity index (χ0) is 23.3. The van der Waals surface area contributed by atoms with Crippen molar-refractivity contribution in [3.05, 3.63) is 97.5 Å². The Morgan fingerprint density at radius 2 is 1.81 bits per heavy atom. The third kappa shape index (κ3) is 6.00. The maximum Gasteiger partial charge on any atom is 0.266 e. The third-order valence-corrected chi connectivity index (χ3v) is 5.78. The molecule has 0 aliphatic carbocycles. The van der Waals surface area contributed by atoms with E-state index in [2.05, 4.69) is 47.2 Å². The fourth-order valence-corrected chi connectivity index (χ4v) is 3.59. The monoisotopic (exact) mass is 508 g/mol. The number of nitriles is 1. The lowest BCUT2D eigenvalue weighted by molar-refractivity contribution is -0.112. The summed E-state index contributed by atoms with van der Waals surface area (Å²) in [5.74, 6) is 0.0591. The van der Waals surface area contributed by atoms with Gasteiger partial charge in [-0.15, -0.1) is 0 Å². The van der Waals surface area contributed by atoms with E-state index in [1.54, 1.807) is 18.2 Å². The van der Waals surface area contributed by atoms with Crippen LogP contribution in [0.4, 0.5) is 5.69 Å². The van der Waals surface area contributed by atoms with Gasteiger partial charge in [0, 0.05) is 20.7 Å². The van der Waals surface area contributed by atoms with E-state index in [1.807, 2.05) is 37.3 Å². The molecular weight excluding hydrogens is 488 g/mol. The Kier molecular flexibility index (Phi) is 7.74. The van der Waals surface area contributed by atoms with Gasteiger partial charge in [-0.05, 0) is 79.4 Å². The van der Waals surface area contributed by atoms with Crippen LogP contribution < -0.4 is 10.1 Å². The summed E-state index contributed by atoms with van der Waals surface area (Å²) >= 11 is 9.48. The fourth-order valence-electron chi connectivity index (χ4n) is 3.04. The molecule has 0 radical (unpaired) electrons. The Morgan fingerprint density at radius 1 is 1.06 bits per heavy atom. The Labute approximate surface area is 201 Å². The highest BCUT2D eigenvalue weighted by Gasteiger charge is 2.13. The van der Waals surface area contributed by atoms with E-state index in [4.69, 9.17) is 16.3 Å². The van der Waals surface area contributed by atoms with Gasteiger partial charge in [0.25, 0.3) is 5.91 Å². The Morgan fingerprint density at radius 3 is 2.53 bits per heavy atom. The number of anilines is 1. The maximum atomic E-state index is 12.8. The second-order valence-corrected chi connectivity index (χ2v) is 8.82. The lowest BCUT2D eigenvalue weighted by atomic mass is 10.1. The summed E-state index contributed by atoms with van der Waals surface area (Å²) in [4.78, 5) is 12.8. The molecule has 0 aromatic heterocycles. The molecule has 0 atom stereocenters. The van der Waals surface area contributed by atoms with Crippen LogP contribution in [-0.4, -0.2) is 5.91 Å². The number of benzene rings is 3. The molecule has 0 aliphatic rings. The first-order valence-corrected chi connectivity index (χ1v) is 11.1. The highest BCUT2D eigenvalue weighted by molar-refractivity contribution is 9.10. The van der Waals surface area contributed by atoms with Gasteiger partial charge in [-0.25, -0.2) is 0 Å². The van der Waals surface area contributed by atoms with E-state index in [0.29, 0.717) is 28.6 Å². The van der Waals surface area contributed by atoms with Crippen LogP contribution >= 0.6 is 27.5 Å². The molecule has 3 rings (SSSR count). The van der Waals surface area contributed by atoms with Crippen molar-refractivity contribution in [2.45, 2.75) is 27.4 Å². The smallest absolute Gasteiger partial charge is 0.266 e. The van der Waals surface area contributed by atoms with Crippen molar-refractivity contribution in [3.8, 4) is 11.8 Å². The second-order valence-electron chi connectivity index (χ2n) is 7.47. The van der Waals surface area contributed by atoms with Crippen molar-refractivity contribution in [1.29, 1.82) is 5.26 Å². The maximum absolute atomic E-state index is 12.8. The van der Waals surface area contributed by atoms with E-state index in [9.17, 15) is 10.1 Å². The van der Waals surface area contributed by atoms with Crippen LogP contribution in [0.15, 0.2) is 64.6 Å². The molecule has 0 spiro atoms. The van der Waals surface area contributed by atoms with E-state index in [1.165, 1.54) is 17.2 Å². The Bertz CT molecular complexity index is 1250. The summed E-state index contributed by atoms with van der Waals surface area (Å²) in [6.07, 6.45) is 1.52. The van der Waals surface area contributed by atoms with E-state index >= 15 is 0 Å². The minimum absolute atomic E-state index is 0.0431. The van der Waals surface area contributed by atoms with Gasteiger partial charge < -0.3 is 10.1 Å². The number of carbonyl (C=O) groups excluding carboxylic acids is 1. The van der Waals surface area contributed by atoms with E-state index < -0.39 is 5.91 Å². The molecule has 6 heteroatoms. The normalized spacial score (nSPS) is 11.1. The average molecular weight is 510 g/mol. The molecule has 1 N–H and O–H groups in total. The SMILES string of the molecule is Cc1ccc(COc2ccc(Br)cc2/C=C(\C#N)C(=O)Nc2cc(Cl)ccc2C)cc1C. The molecule has 0 bridgehead atoms. The molecule has 32 heavy (non-hydrogen) atoms. The van der Waals surface area contributed by atoms with Gasteiger partial charge in [-0.3, -0.25) is 4.79 Å². The van der Waals surface area contributed by atoms with Crippen molar-refractivity contribution in [1.82, 2.24) is 0 Å². The van der Waals surface area contributed by atoms with Crippen LogP contribution in [0.25, 0.3) is 6.08 Å². The molecule has 0 unspecified atom stereocenters. The summed E-state index contributed by atoms with van der Waals surface area (Å²) in [7, 11) is 0. The quantitative estimate of drug-likeness (QED) is 0.283. The molecule has 0 saturated carbocycles. The van der Waals surface area contributed by atoms with Crippen molar-refractivity contribution >= 4 is 45.2 Å². The highest BCUT2D eigenvalue weighted by Crippen LogP contribution is 2.27. The zero-order valence-electron chi connectivity index (χ0n) is 18.0. The summed E-state index contributed by atoms with van der Waals surface area (Å²) < 4.78 is 6.84. The fraction of sp³-hybridized carbons (Fsp3) is 0.154. The van der Waals surface area contributed by atoms with Gasteiger partial charge in [-0.2, -0.15) is 5.26 Å². The van der Waals surface area contributed by atoms with Crippen molar-refractivity contribution < 1.29 is 9.53 Å². The lowest BCUT2D eigenvalue weighted by Gasteiger charge is -2.12. The molecule has 0 saturated heterocycles. The number of nitrogens with one attached hydrogen (secondary N) is 1. The van der Waals surface area contributed by atoms with Crippen molar-refractivity contribution in [2.75, 3.05) is 5.32 Å². The van der Waals surface area contributed by atoms with Crippen LogP contribution in [0.5, 0.6) is 5.75 Å². The molecule has 4 nitrogen and oxygen atoms in total. The molecular formula is C26H22BrClN2O2. The molecule has 3 aromatic rings. The standard InChI is InChI=1S/C26H22BrClN2O2/c1-16-4-6-19(10-18(16)3)15-32-25-9-7-22(27)12-20(25)11-21(14-29)26(31)30-24-13-23(28)8-5-17(24)2/h4-13H,15H2,1-3H3,(H,30,31)/b21-11+. The van der Waals surface area contributed by atoms with Crippen LogP contribution in [-0.2, 0) is 11.4 Å². The average Bonchev–Trinajstić information content (AvgIpc) is 2.76. The van der Waals surface area contributed by atoms with Crippen LogP contribution in [0, 0.1) is 32.1 Å². The van der Waals surface area contributed by atoms with Crippen molar-refractivity contribution in [3.63, 3.8) is 0 Å². The number of halogens is 2. The van der Waals surface area contributed by atoms with Gasteiger partial charge in [0.2, 0.25) is 0 Å². The number of amides is 1. The summed E-state index contributed by atoms with van der Waals surface area (Å²) in [5.41, 5.74) is 5.45. The number of ether oxygens (including phenoxy) is 1. The molecule has 0 heterocycles. The lowest BCUT2D eigenvalue weighted by Crippen LogP contribution is -2.14. The van der Waals surface area contributed by atoms with Gasteiger partial charge >= 0.3 is 0 Å². The van der Waals surface area contributed by atoms with Gasteiger partial charge in [0.05, 0.1) is 0 Å². The van der Waals surface area contributed by atoms with Crippen LogP contribution in [0.3, 0.4) is 0 Å². The number of nitrogens with zero attached hydrogens (tertiary/aromatic N) is 1. The first kappa shape index (κ1) is 23.6. The third-order valence-electron chi connectivity index (χ3n) is 5.05. The minimum atomic E-state index is -0.516. The predicted octanol–water partition coefficient (Wildman–Crippen LogP) is 7.15. The van der Waals surface area contributed by atoms with Gasteiger partial charge in [0.15, 0.2) is 0 Å². The zero-order valence-corrected chi connectivity index (χ0v) is 20.3. The number of carbonyl (C=O) groups is 1. The van der Waals surface area contributed by atoms with E-state index in [-0.39, 0.29) is 5.57 Å². The molecule has 0 fully saturated rings. The summed E-state index contributed by atoms with van der Waals surface area (Å²) in [5, 5.41) is 12.9. The number of aryl methyl sites for hydroxylation is 3. The number of hydrogen-bond donors (Lipinski definition) is 1. The second kappa shape index (κ2) is 10.5. The van der Waals surface area contributed by atoms with Crippen molar-refractivity contribution in [2.24, 2.45) is 0 Å². The first-order valence-electron chi connectivity index (χ1n) is 9.94. The first-order chi connectivity index (χ1) is 15.3. The Hall–Kier alpha value is -3.07. The van der Waals surface area contributed by atoms with E-state index in [0.717, 1.165) is 15.6 Å². The predicted molar refractivity (Wildman–Crippen MR) is 133 cm³/mol. The van der Waals surface area contributed by atoms with Crippen LogP contribution in [0.1, 0.15) is 27.8 Å².